The summed E-state index contributed by atoms with van der Waals surface area (Å²) in [6.45, 7) is 1.80. The zero-order valence-electron chi connectivity index (χ0n) is 6.10. The molecule has 0 bridgehead atoms. The molecule has 0 N–H and O–H groups in total. The van der Waals surface area contributed by atoms with Crippen molar-refractivity contribution in [2.45, 2.75) is 6.92 Å². The third-order valence-electron chi connectivity index (χ3n) is 1.14. The molecule has 0 saturated carbocycles. The van der Waals surface area contributed by atoms with E-state index in [1.54, 1.807) is 19.1 Å². The molecule has 0 radical (unpaired) electrons. The minimum atomic E-state index is 0. The van der Waals surface area contributed by atoms with E-state index >= 15 is 0 Å². The van der Waals surface area contributed by atoms with Gasteiger partial charge in [0.25, 0.3) is 0 Å². The van der Waals surface area contributed by atoms with Crippen LogP contribution >= 0.6 is 15.9 Å². The summed E-state index contributed by atoms with van der Waals surface area (Å²) in [7, 11) is 0. The molecule has 0 amide bonds. The third-order valence-corrected chi connectivity index (χ3v) is 1.63. The molecule has 0 fully saturated rings. The average molecular weight is 246 g/mol. The molecule has 0 aliphatic rings. The van der Waals surface area contributed by atoms with Crippen molar-refractivity contribution in [3.63, 3.8) is 0 Å². The molecule has 1 aromatic rings. The predicted molar refractivity (Wildman–Crippen MR) is 44.1 cm³/mol. The summed E-state index contributed by atoms with van der Waals surface area (Å²) in [5.74, 6) is 0.0956. The molecule has 0 atom stereocenters. The molecule has 0 saturated heterocycles. The summed E-state index contributed by atoms with van der Waals surface area (Å²) < 4.78 is 0.958. The van der Waals surface area contributed by atoms with Crippen LogP contribution in [0.2, 0.25) is 0 Å². The fourth-order valence-electron chi connectivity index (χ4n) is 0.613. The smallest absolute Gasteiger partial charge is 1.00 e. The van der Waals surface area contributed by atoms with Crippen LogP contribution in [0.15, 0.2) is 22.7 Å². The topological polar surface area (TPSA) is 23.1 Å². The first-order valence-corrected chi connectivity index (χ1v) is 3.42. The van der Waals surface area contributed by atoms with Gasteiger partial charge in [-0.25, -0.2) is 0 Å². The fraction of sp³-hybridized carbons (Fsp3) is 0.143. The van der Waals surface area contributed by atoms with Gasteiger partial charge in [0.2, 0.25) is 0 Å². The number of benzene rings is 1. The second-order valence-electron chi connectivity index (χ2n) is 1.91. The quantitative estimate of drug-likeness (QED) is 0.508. The van der Waals surface area contributed by atoms with Crippen molar-refractivity contribution in [3.8, 4) is 5.75 Å². The Balaban J connectivity index is 0. The predicted octanol–water partition coefficient (Wildman–Crippen LogP) is -1.55. The van der Waals surface area contributed by atoms with E-state index in [4.69, 9.17) is 0 Å². The Morgan fingerprint density at radius 3 is 2.27 bits per heavy atom. The van der Waals surface area contributed by atoms with Crippen molar-refractivity contribution in [2.75, 3.05) is 0 Å². The van der Waals surface area contributed by atoms with Crippen LogP contribution in [0.1, 0.15) is 5.56 Å². The summed E-state index contributed by atoms with van der Waals surface area (Å²) in [6, 6.07) is 5.11. The zero-order chi connectivity index (χ0) is 6.85. The minimum Gasteiger partial charge on any atom is -1.00 e. The summed E-state index contributed by atoms with van der Waals surface area (Å²) in [5.41, 5.74) is 0.782. The van der Waals surface area contributed by atoms with E-state index in [0.29, 0.717) is 0 Å². The van der Waals surface area contributed by atoms with Gasteiger partial charge in [0, 0.05) is 4.47 Å². The van der Waals surface area contributed by atoms with Crippen molar-refractivity contribution >= 4 is 39.0 Å². The molecule has 1 aromatic carbocycles. The Labute approximate surface area is 96.9 Å². The number of hydrogen-bond donors (Lipinski definition) is 0. The van der Waals surface area contributed by atoms with Gasteiger partial charge >= 0.3 is 23.1 Å². The van der Waals surface area contributed by atoms with Crippen molar-refractivity contribution in [2.24, 2.45) is 0 Å². The van der Waals surface area contributed by atoms with Crippen LogP contribution in [0.25, 0.3) is 0 Å². The minimum absolute atomic E-state index is 0. The van der Waals surface area contributed by atoms with Gasteiger partial charge in [-0.1, -0.05) is 27.6 Å². The van der Waals surface area contributed by atoms with Crippen LogP contribution in [0.4, 0.5) is 0 Å². The van der Waals surface area contributed by atoms with Crippen LogP contribution in [-0.4, -0.2) is 23.1 Å². The Kier molecular flexibility index (Phi) is 7.84. The van der Waals surface area contributed by atoms with Crippen molar-refractivity contribution in [1.29, 1.82) is 0 Å². The molecule has 1 nitrogen and oxygen atoms in total. The molecule has 0 unspecified atom stereocenters. The largest absolute Gasteiger partial charge is 2.00 e. The van der Waals surface area contributed by atoms with Crippen molar-refractivity contribution < 1.29 is 17.5 Å². The Morgan fingerprint density at radius 2 is 1.91 bits per heavy atom. The first-order chi connectivity index (χ1) is 4.20. The standard InChI is InChI=1S/C7H7BrO.ClH.Mg/c1-5-4-6(8)2-3-7(5)9;;/h2-4,9H,1H3;1H;/q;;+2/p-2. The van der Waals surface area contributed by atoms with E-state index < -0.39 is 0 Å². The molecule has 4 heteroatoms. The maximum Gasteiger partial charge on any atom is 2.00 e. The summed E-state index contributed by atoms with van der Waals surface area (Å²) >= 11 is 3.26. The molecule has 11 heavy (non-hydrogen) atoms. The van der Waals surface area contributed by atoms with Crippen LogP contribution in [0.5, 0.6) is 5.75 Å². The summed E-state index contributed by atoms with van der Waals surface area (Å²) in [6.07, 6.45) is 0. The van der Waals surface area contributed by atoms with E-state index in [1.165, 1.54) is 0 Å². The van der Waals surface area contributed by atoms with E-state index in [1.807, 2.05) is 6.07 Å². The van der Waals surface area contributed by atoms with Crippen LogP contribution < -0.4 is 17.5 Å². The molecular formula is C7H6BrClMgO. The van der Waals surface area contributed by atoms with Crippen LogP contribution in [0.3, 0.4) is 0 Å². The number of rotatable bonds is 0. The van der Waals surface area contributed by atoms with Gasteiger partial charge in [0.1, 0.15) is 0 Å². The van der Waals surface area contributed by atoms with Gasteiger partial charge in [-0.05, 0) is 19.1 Å². The van der Waals surface area contributed by atoms with E-state index in [-0.39, 0.29) is 41.2 Å². The Morgan fingerprint density at radius 1 is 1.36 bits per heavy atom. The summed E-state index contributed by atoms with van der Waals surface area (Å²) in [4.78, 5) is 0. The molecular weight excluding hydrogens is 240 g/mol. The molecule has 0 aliphatic heterocycles. The Bertz CT molecular complexity index is 230. The first-order valence-electron chi connectivity index (χ1n) is 2.63. The number of hydrogen-bond acceptors (Lipinski definition) is 1. The van der Waals surface area contributed by atoms with Gasteiger partial charge in [0.05, 0.1) is 0 Å². The first kappa shape index (κ1) is 14.1. The van der Waals surface area contributed by atoms with E-state index in [2.05, 4.69) is 15.9 Å². The second-order valence-corrected chi connectivity index (χ2v) is 2.83. The number of aryl methyl sites for hydroxylation is 1. The average Bonchev–Trinajstić information content (AvgIpc) is 1.80. The molecule has 0 heterocycles. The molecule has 56 valence electrons. The van der Waals surface area contributed by atoms with Crippen LogP contribution in [0, 0.1) is 6.92 Å². The SMILES string of the molecule is Cc1cc(Br)ccc1[O-].[Cl-].[Mg+2]. The molecule has 1 rings (SSSR count). The van der Waals surface area contributed by atoms with Crippen molar-refractivity contribution in [3.05, 3.63) is 28.2 Å². The van der Waals surface area contributed by atoms with Gasteiger partial charge < -0.3 is 17.5 Å². The van der Waals surface area contributed by atoms with Gasteiger partial charge in [-0.15, -0.1) is 5.75 Å². The normalized spacial score (nSPS) is 7.82. The molecule has 0 spiro atoms. The van der Waals surface area contributed by atoms with Gasteiger partial charge in [0.15, 0.2) is 0 Å². The van der Waals surface area contributed by atoms with Gasteiger partial charge in [-0.2, -0.15) is 0 Å². The monoisotopic (exact) mass is 244 g/mol. The molecule has 0 aliphatic carbocycles. The summed E-state index contributed by atoms with van der Waals surface area (Å²) in [5, 5.41) is 10.8. The maximum absolute atomic E-state index is 10.8. The second kappa shape index (κ2) is 6.11. The van der Waals surface area contributed by atoms with E-state index in [9.17, 15) is 5.11 Å². The zero-order valence-corrected chi connectivity index (χ0v) is 9.86. The fourth-order valence-corrected chi connectivity index (χ4v) is 1.09. The van der Waals surface area contributed by atoms with Crippen LogP contribution in [-0.2, 0) is 0 Å². The van der Waals surface area contributed by atoms with Crippen molar-refractivity contribution in [1.82, 2.24) is 0 Å². The molecule has 0 aromatic heterocycles. The van der Waals surface area contributed by atoms with Gasteiger partial charge in [-0.3, -0.25) is 0 Å². The Hall–Kier alpha value is 0.556. The number of halogens is 2. The van der Waals surface area contributed by atoms with E-state index in [0.717, 1.165) is 10.0 Å². The maximum atomic E-state index is 10.8. The third kappa shape index (κ3) is 4.21.